The molecule has 5 rings (SSSR count). The number of carbonyl (C=O) groups is 1. The van der Waals surface area contributed by atoms with E-state index < -0.39 is 21.3 Å². The lowest BCUT2D eigenvalue weighted by Gasteiger charge is -2.33. The lowest BCUT2D eigenvalue weighted by Crippen LogP contribution is -2.43. The number of para-hydroxylation sites is 1. The van der Waals surface area contributed by atoms with Gasteiger partial charge in [0.1, 0.15) is 17.3 Å². The predicted molar refractivity (Wildman–Crippen MR) is 97.0 cm³/mol. The Bertz CT molecular complexity index is 1270. The summed E-state index contributed by atoms with van der Waals surface area (Å²) in [7, 11) is -3.94. The number of fused-ring (bicyclic) bond motifs is 5. The summed E-state index contributed by atoms with van der Waals surface area (Å²) in [5.41, 5.74) is 6.50. The minimum atomic E-state index is -3.94. The zero-order valence-corrected chi connectivity index (χ0v) is 14.6. The van der Waals surface area contributed by atoms with Gasteiger partial charge in [-0.05, 0) is 18.2 Å². The number of anilines is 1. The zero-order chi connectivity index (χ0) is 19.0. The summed E-state index contributed by atoms with van der Waals surface area (Å²) in [5, 5.41) is 12.6. The molecule has 3 aliphatic rings. The van der Waals surface area contributed by atoms with Gasteiger partial charge in [-0.25, -0.2) is 12.7 Å². The molecule has 0 fully saturated rings. The Morgan fingerprint density at radius 2 is 1.81 bits per heavy atom. The van der Waals surface area contributed by atoms with Crippen LogP contribution in [0.15, 0.2) is 70.9 Å². The number of nitrogens with one attached hydrogen (secondary N) is 1. The van der Waals surface area contributed by atoms with Gasteiger partial charge in [-0.3, -0.25) is 4.79 Å². The van der Waals surface area contributed by atoms with Crippen LogP contribution >= 0.6 is 0 Å². The fourth-order valence-electron chi connectivity index (χ4n) is 4.03. The van der Waals surface area contributed by atoms with Crippen molar-refractivity contribution in [3.63, 3.8) is 0 Å². The van der Waals surface area contributed by atoms with Crippen LogP contribution in [0, 0.1) is 11.3 Å². The SMILES string of the molecule is N#CC1=C(N)N2C(=C[C@]13C(=O)Nc1ccccc13)c1ccccc1S2(=O)=O. The quantitative estimate of drug-likeness (QED) is 0.725. The van der Waals surface area contributed by atoms with Gasteiger partial charge in [-0.1, -0.05) is 36.4 Å². The molecule has 0 saturated heterocycles. The largest absolute Gasteiger partial charge is 0.383 e. The normalized spacial score (nSPS) is 24.0. The lowest BCUT2D eigenvalue weighted by molar-refractivity contribution is -0.118. The van der Waals surface area contributed by atoms with Crippen molar-refractivity contribution < 1.29 is 13.2 Å². The fraction of sp³-hybridized carbons (Fsp3) is 0.0526. The minimum Gasteiger partial charge on any atom is -0.383 e. The first-order valence-corrected chi connectivity index (χ1v) is 9.56. The number of hydrogen-bond donors (Lipinski definition) is 2. The Balaban J connectivity index is 1.92. The molecule has 0 saturated carbocycles. The molecule has 27 heavy (non-hydrogen) atoms. The van der Waals surface area contributed by atoms with Gasteiger partial charge >= 0.3 is 0 Å². The minimum absolute atomic E-state index is 0.0974. The molecule has 3 aliphatic heterocycles. The van der Waals surface area contributed by atoms with E-state index in [-0.39, 0.29) is 22.0 Å². The maximum atomic E-state index is 13.0. The van der Waals surface area contributed by atoms with Crippen LogP contribution in [-0.2, 0) is 20.2 Å². The van der Waals surface area contributed by atoms with Gasteiger partial charge in [-0.15, -0.1) is 0 Å². The van der Waals surface area contributed by atoms with Crippen molar-refractivity contribution in [2.24, 2.45) is 5.73 Å². The number of nitrogens with two attached hydrogens (primary N) is 1. The molecule has 2 aromatic carbocycles. The summed E-state index contributed by atoms with van der Waals surface area (Å²) in [6, 6.07) is 15.5. The number of sulfonamides is 1. The second kappa shape index (κ2) is 4.78. The van der Waals surface area contributed by atoms with Gasteiger partial charge in [0, 0.05) is 16.8 Å². The molecule has 2 aromatic rings. The summed E-state index contributed by atoms with van der Waals surface area (Å²) in [4.78, 5) is 13.1. The highest BCUT2D eigenvalue weighted by Gasteiger charge is 2.56. The summed E-state index contributed by atoms with van der Waals surface area (Å²) in [6.45, 7) is 0. The van der Waals surface area contributed by atoms with Crippen LogP contribution in [0.5, 0.6) is 0 Å². The predicted octanol–water partition coefficient (Wildman–Crippen LogP) is 1.63. The Morgan fingerprint density at radius 3 is 2.59 bits per heavy atom. The van der Waals surface area contributed by atoms with E-state index in [1.165, 1.54) is 12.1 Å². The standard InChI is InChI=1S/C19H12N4O3S/c20-10-13-17(21)23-15(11-5-1-4-8-16(11)27(23,25)26)9-19(13)12-6-2-3-7-14(12)22-18(19)24/h1-9H,21H2,(H,22,24)/t19-/m1/s1. The molecule has 3 N–H and O–H groups in total. The molecular weight excluding hydrogens is 364 g/mol. The van der Waals surface area contributed by atoms with E-state index in [4.69, 9.17) is 5.73 Å². The monoisotopic (exact) mass is 376 g/mol. The first-order valence-electron chi connectivity index (χ1n) is 8.12. The van der Waals surface area contributed by atoms with E-state index in [2.05, 4.69) is 5.32 Å². The number of rotatable bonds is 0. The van der Waals surface area contributed by atoms with Crippen LogP contribution in [0.2, 0.25) is 0 Å². The maximum absolute atomic E-state index is 13.0. The number of hydrogen-bond acceptors (Lipinski definition) is 5. The van der Waals surface area contributed by atoms with Gasteiger partial charge in [0.2, 0.25) is 5.91 Å². The van der Waals surface area contributed by atoms with Crippen molar-refractivity contribution in [3.8, 4) is 6.07 Å². The van der Waals surface area contributed by atoms with E-state index in [0.717, 1.165) is 4.31 Å². The van der Waals surface area contributed by atoms with Gasteiger partial charge < -0.3 is 11.1 Å². The smallest absolute Gasteiger partial charge is 0.270 e. The van der Waals surface area contributed by atoms with Crippen LogP contribution in [0.3, 0.4) is 0 Å². The van der Waals surface area contributed by atoms with Crippen molar-refractivity contribution in [1.29, 1.82) is 5.26 Å². The molecule has 7 nitrogen and oxygen atoms in total. The second-order valence-electron chi connectivity index (χ2n) is 6.47. The number of carbonyl (C=O) groups excluding carboxylic acids is 1. The first kappa shape index (κ1) is 15.7. The lowest BCUT2D eigenvalue weighted by atomic mass is 9.72. The molecular formula is C19H12N4O3S. The van der Waals surface area contributed by atoms with Crippen molar-refractivity contribution in [2.45, 2.75) is 10.3 Å². The Kier molecular flexibility index (Phi) is 2.77. The molecule has 8 heteroatoms. The van der Waals surface area contributed by atoms with E-state index in [1.807, 2.05) is 6.07 Å². The van der Waals surface area contributed by atoms with Crippen LogP contribution in [0.25, 0.3) is 5.70 Å². The molecule has 0 aliphatic carbocycles. The third kappa shape index (κ3) is 1.65. The first-order chi connectivity index (χ1) is 12.9. The molecule has 1 atom stereocenters. The zero-order valence-electron chi connectivity index (χ0n) is 13.8. The number of nitrogens with zero attached hydrogens (tertiary/aromatic N) is 2. The molecule has 0 unspecified atom stereocenters. The van der Waals surface area contributed by atoms with Crippen molar-refractivity contribution >= 4 is 27.3 Å². The van der Waals surface area contributed by atoms with Gasteiger partial charge in [0.25, 0.3) is 10.0 Å². The maximum Gasteiger partial charge on any atom is 0.270 e. The number of nitriles is 1. The molecule has 0 radical (unpaired) electrons. The van der Waals surface area contributed by atoms with E-state index in [1.54, 1.807) is 42.5 Å². The topological polar surface area (TPSA) is 116 Å². The molecule has 0 bridgehead atoms. The van der Waals surface area contributed by atoms with Gasteiger partial charge in [-0.2, -0.15) is 5.26 Å². The molecule has 132 valence electrons. The van der Waals surface area contributed by atoms with Crippen LogP contribution < -0.4 is 11.1 Å². The van der Waals surface area contributed by atoms with E-state index in [9.17, 15) is 18.5 Å². The third-order valence-electron chi connectivity index (χ3n) is 5.19. The van der Waals surface area contributed by atoms with Crippen molar-refractivity contribution in [3.05, 3.63) is 77.1 Å². The van der Waals surface area contributed by atoms with Crippen LogP contribution in [0.4, 0.5) is 5.69 Å². The molecule has 1 spiro atoms. The van der Waals surface area contributed by atoms with E-state index >= 15 is 0 Å². The molecule has 0 aromatic heterocycles. The summed E-state index contributed by atoms with van der Waals surface area (Å²) >= 11 is 0. The highest BCUT2D eigenvalue weighted by atomic mass is 32.2. The Labute approximate surface area is 155 Å². The number of amides is 1. The molecule has 3 heterocycles. The average molecular weight is 376 g/mol. The summed E-state index contributed by atoms with van der Waals surface area (Å²) < 4.78 is 26.9. The van der Waals surface area contributed by atoms with Crippen LogP contribution in [-0.4, -0.2) is 18.6 Å². The summed E-state index contributed by atoms with van der Waals surface area (Å²) in [6.07, 6.45) is 1.53. The van der Waals surface area contributed by atoms with Crippen molar-refractivity contribution in [1.82, 2.24) is 4.31 Å². The van der Waals surface area contributed by atoms with Crippen molar-refractivity contribution in [2.75, 3.05) is 5.32 Å². The highest BCUT2D eigenvalue weighted by Crippen LogP contribution is 2.53. The third-order valence-corrected chi connectivity index (χ3v) is 6.98. The van der Waals surface area contributed by atoms with Gasteiger partial charge in [0.15, 0.2) is 0 Å². The highest BCUT2D eigenvalue weighted by molar-refractivity contribution is 7.90. The van der Waals surface area contributed by atoms with Gasteiger partial charge in [0.05, 0.1) is 16.2 Å². The molecule has 1 amide bonds. The second-order valence-corrected chi connectivity index (χ2v) is 8.23. The fourth-order valence-corrected chi connectivity index (χ4v) is 5.69. The number of benzene rings is 2. The average Bonchev–Trinajstić information content (AvgIpc) is 3.06. The van der Waals surface area contributed by atoms with Crippen LogP contribution in [0.1, 0.15) is 11.1 Å². The summed E-state index contributed by atoms with van der Waals surface area (Å²) in [5.74, 6) is -0.685. The van der Waals surface area contributed by atoms with E-state index in [0.29, 0.717) is 16.8 Å². The Hall–Kier alpha value is -3.57. The Morgan fingerprint density at radius 1 is 1.11 bits per heavy atom.